The molecule has 0 saturated carbocycles. The van der Waals surface area contributed by atoms with Crippen LogP contribution in [0, 0.1) is 0 Å². The van der Waals surface area contributed by atoms with E-state index in [2.05, 4.69) is 9.97 Å². The third kappa shape index (κ3) is 2.78. The fourth-order valence-corrected chi connectivity index (χ4v) is 2.52. The fourth-order valence-electron chi connectivity index (χ4n) is 1.21. The molecule has 0 atom stereocenters. The van der Waals surface area contributed by atoms with Gasteiger partial charge in [0.25, 0.3) is 0 Å². The number of aromatic amines is 1. The number of nitrogens with two attached hydrogens (primary N) is 2. The number of nitrogen functional groups attached to an aromatic ring is 1. The Kier molecular flexibility index (Phi) is 3.09. The summed E-state index contributed by atoms with van der Waals surface area (Å²) in [5.41, 5.74) is 6.10. The molecule has 0 aliphatic carbocycles. The Hall–Kier alpha value is -1.51. The number of hydrogen-bond acceptors (Lipinski definition) is 5. The van der Waals surface area contributed by atoms with E-state index in [1.165, 1.54) is 23.9 Å². The Morgan fingerprint density at radius 2 is 2.12 bits per heavy atom. The van der Waals surface area contributed by atoms with Crippen molar-refractivity contribution < 1.29 is 8.42 Å². The van der Waals surface area contributed by atoms with Crippen molar-refractivity contribution in [3.63, 3.8) is 0 Å². The van der Waals surface area contributed by atoms with Gasteiger partial charge in [-0.1, -0.05) is 0 Å². The third-order valence-electron chi connectivity index (χ3n) is 1.99. The van der Waals surface area contributed by atoms with E-state index in [0.717, 1.165) is 0 Å². The molecule has 8 heteroatoms. The number of aromatic nitrogens is 2. The lowest BCUT2D eigenvalue weighted by Crippen LogP contribution is -2.12. The van der Waals surface area contributed by atoms with Crippen LogP contribution in [0.5, 0.6) is 0 Å². The van der Waals surface area contributed by atoms with Gasteiger partial charge in [-0.15, -0.1) is 0 Å². The van der Waals surface area contributed by atoms with Crippen LogP contribution in [0.4, 0.5) is 5.69 Å². The minimum absolute atomic E-state index is 0.00112. The lowest BCUT2D eigenvalue weighted by Gasteiger charge is -2.05. The number of imidazole rings is 1. The summed E-state index contributed by atoms with van der Waals surface area (Å²) in [6.45, 7) is 0. The summed E-state index contributed by atoms with van der Waals surface area (Å²) in [6.07, 6.45) is 3.31. The lowest BCUT2D eigenvalue weighted by molar-refractivity contribution is 0.598. The highest BCUT2D eigenvalue weighted by atomic mass is 32.2. The van der Waals surface area contributed by atoms with Gasteiger partial charge < -0.3 is 10.7 Å². The Labute approximate surface area is 102 Å². The number of rotatable bonds is 3. The summed E-state index contributed by atoms with van der Waals surface area (Å²) in [5, 5.41) is 5.68. The van der Waals surface area contributed by atoms with Crippen molar-refractivity contribution in [1.29, 1.82) is 0 Å². The monoisotopic (exact) mass is 270 g/mol. The number of sulfonamides is 1. The minimum Gasteiger partial charge on any atom is -0.398 e. The highest BCUT2D eigenvalue weighted by Crippen LogP contribution is 2.30. The van der Waals surface area contributed by atoms with Crippen LogP contribution >= 0.6 is 11.8 Å². The van der Waals surface area contributed by atoms with Gasteiger partial charge in [0.1, 0.15) is 0 Å². The minimum atomic E-state index is -3.72. The van der Waals surface area contributed by atoms with Gasteiger partial charge in [0.2, 0.25) is 10.0 Å². The molecule has 1 heterocycles. The number of nitrogens with one attached hydrogen (secondary N) is 1. The van der Waals surface area contributed by atoms with Crippen molar-refractivity contribution in [2.24, 2.45) is 5.14 Å². The van der Waals surface area contributed by atoms with E-state index in [4.69, 9.17) is 10.9 Å². The molecule has 0 spiro atoms. The van der Waals surface area contributed by atoms with E-state index >= 15 is 0 Å². The Balaban J connectivity index is 2.33. The van der Waals surface area contributed by atoms with Gasteiger partial charge in [-0.05, 0) is 30.0 Å². The van der Waals surface area contributed by atoms with E-state index in [0.29, 0.717) is 15.7 Å². The van der Waals surface area contributed by atoms with Crippen molar-refractivity contribution >= 4 is 27.5 Å². The van der Waals surface area contributed by atoms with Crippen LogP contribution in [-0.4, -0.2) is 18.4 Å². The van der Waals surface area contributed by atoms with Crippen LogP contribution < -0.4 is 10.9 Å². The molecule has 17 heavy (non-hydrogen) atoms. The van der Waals surface area contributed by atoms with Crippen molar-refractivity contribution in [3.8, 4) is 0 Å². The first-order valence-corrected chi connectivity index (χ1v) is 6.92. The lowest BCUT2D eigenvalue weighted by atomic mass is 10.3. The largest absolute Gasteiger partial charge is 0.398 e. The quantitative estimate of drug-likeness (QED) is 0.713. The van der Waals surface area contributed by atoms with Crippen LogP contribution in [-0.2, 0) is 10.0 Å². The van der Waals surface area contributed by atoms with E-state index in [-0.39, 0.29) is 4.90 Å². The Morgan fingerprint density at radius 3 is 2.65 bits per heavy atom. The molecule has 2 rings (SSSR count). The second kappa shape index (κ2) is 4.40. The average molecular weight is 270 g/mol. The summed E-state index contributed by atoms with van der Waals surface area (Å²) in [4.78, 5) is 7.66. The maximum atomic E-state index is 11.1. The van der Waals surface area contributed by atoms with Crippen molar-refractivity contribution in [3.05, 3.63) is 30.6 Å². The average Bonchev–Trinajstić information content (AvgIpc) is 2.72. The van der Waals surface area contributed by atoms with Crippen LogP contribution in [0.15, 0.2) is 45.5 Å². The van der Waals surface area contributed by atoms with Gasteiger partial charge in [0, 0.05) is 23.0 Å². The second-order valence-electron chi connectivity index (χ2n) is 3.24. The molecule has 0 amide bonds. The van der Waals surface area contributed by atoms with Gasteiger partial charge >= 0.3 is 0 Å². The zero-order valence-electron chi connectivity index (χ0n) is 8.62. The molecule has 2 aromatic rings. The SMILES string of the molecule is Nc1cc(S(N)(=O)=O)ccc1Sc1ncc[nH]1. The van der Waals surface area contributed by atoms with Crippen molar-refractivity contribution in [1.82, 2.24) is 9.97 Å². The number of benzene rings is 1. The van der Waals surface area contributed by atoms with Crippen LogP contribution in [0.1, 0.15) is 0 Å². The summed E-state index contributed by atoms with van der Waals surface area (Å²) in [6, 6.07) is 4.35. The number of H-pyrrole nitrogens is 1. The van der Waals surface area contributed by atoms with Gasteiger partial charge in [0.05, 0.1) is 4.90 Å². The highest BCUT2D eigenvalue weighted by Gasteiger charge is 2.11. The van der Waals surface area contributed by atoms with Crippen LogP contribution in [0.2, 0.25) is 0 Å². The molecule has 0 unspecified atom stereocenters. The number of anilines is 1. The zero-order valence-corrected chi connectivity index (χ0v) is 10.3. The summed E-state index contributed by atoms with van der Waals surface area (Å²) in [7, 11) is -3.72. The number of hydrogen-bond donors (Lipinski definition) is 3. The Bertz CT molecular complexity index is 622. The standard InChI is InChI=1S/C9H10N4O2S2/c10-7-5-6(17(11,14)15)1-2-8(7)16-9-12-3-4-13-9/h1-5H,10H2,(H,12,13)(H2,11,14,15). The van der Waals surface area contributed by atoms with E-state index in [1.54, 1.807) is 18.5 Å². The summed E-state index contributed by atoms with van der Waals surface area (Å²) >= 11 is 1.31. The fraction of sp³-hybridized carbons (Fsp3) is 0. The molecule has 1 aromatic heterocycles. The first-order chi connectivity index (χ1) is 7.97. The maximum absolute atomic E-state index is 11.1. The molecule has 0 bridgehead atoms. The zero-order chi connectivity index (χ0) is 12.5. The van der Waals surface area contributed by atoms with Gasteiger partial charge in [-0.3, -0.25) is 0 Å². The predicted octanol–water partition coefficient (Wildman–Crippen LogP) is 0.790. The van der Waals surface area contributed by atoms with E-state index in [1.807, 2.05) is 0 Å². The normalized spacial score (nSPS) is 11.6. The third-order valence-corrected chi connectivity index (χ3v) is 3.91. The molecule has 0 radical (unpaired) electrons. The maximum Gasteiger partial charge on any atom is 0.238 e. The molecular weight excluding hydrogens is 260 g/mol. The summed E-state index contributed by atoms with van der Waals surface area (Å²) < 4.78 is 22.2. The Morgan fingerprint density at radius 1 is 1.35 bits per heavy atom. The van der Waals surface area contributed by atoms with E-state index in [9.17, 15) is 8.42 Å². The first-order valence-electron chi connectivity index (χ1n) is 4.56. The highest BCUT2D eigenvalue weighted by molar-refractivity contribution is 7.99. The smallest absolute Gasteiger partial charge is 0.238 e. The molecule has 1 aromatic carbocycles. The van der Waals surface area contributed by atoms with Gasteiger partial charge in [-0.2, -0.15) is 0 Å². The van der Waals surface area contributed by atoms with Crippen LogP contribution in [0.25, 0.3) is 0 Å². The molecule has 5 N–H and O–H groups in total. The first kappa shape index (κ1) is 12.0. The van der Waals surface area contributed by atoms with E-state index < -0.39 is 10.0 Å². The molecule has 0 saturated heterocycles. The molecule has 90 valence electrons. The van der Waals surface area contributed by atoms with Gasteiger partial charge in [0.15, 0.2) is 5.16 Å². The molecule has 6 nitrogen and oxygen atoms in total. The second-order valence-corrected chi connectivity index (χ2v) is 5.83. The topological polar surface area (TPSA) is 115 Å². The number of nitrogens with zero attached hydrogens (tertiary/aromatic N) is 1. The van der Waals surface area contributed by atoms with Gasteiger partial charge in [-0.25, -0.2) is 18.5 Å². The molecular formula is C9H10N4O2S2. The van der Waals surface area contributed by atoms with Crippen molar-refractivity contribution in [2.45, 2.75) is 14.9 Å². The van der Waals surface area contributed by atoms with Crippen molar-refractivity contribution in [2.75, 3.05) is 5.73 Å². The van der Waals surface area contributed by atoms with Crippen LogP contribution in [0.3, 0.4) is 0 Å². The molecule has 0 aliphatic heterocycles. The molecule has 0 aliphatic rings. The molecule has 0 fully saturated rings. The predicted molar refractivity (Wildman–Crippen MR) is 64.9 cm³/mol. The summed E-state index contributed by atoms with van der Waals surface area (Å²) in [5.74, 6) is 0. The number of primary sulfonamides is 1.